The highest BCUT2D eigenvalue weighted by molar-refractivity contribution is 5.83. The normalized spacial score (nSPS) is 11.3. The number of hydrogen-bond donors (Lipinski definition) is 1. The van der Waals surface area contributed by atoms with Gasteiger partial charge in [0.15, 0.2) is 0 Å². The summed E-state index contributed by atoms with van der Waals surface area (Å²) in [5.41, 5.74) is 1.23. The van der Waals surface area contributed by atoms with Crippen molar-refractivity contribution in [1.29, 1.82) is 0 Å². The van der Waals surface area contributed by atoms with E-state index in [1.54, 1.807) is 0 Å². The van der Waals surface area contributed by atoms with Crippen LogP contribution in [0.2, 0.25) is 0 Å². The van der Waals surface area contributed by atoms with Crippen LogP contribution in [0, 0.1) is 5.92 Å². The number of hydrogen-bond acceptors (Lipinski definition) is 2. The number of rotatable bonds is 6. The Labute approximate surface area is 127 Å². The highest BCUT2D eigenvalue weighted by Gasteiger charge is 2.07. The summed E-state index contributed by atoms with van der Waals surface area (Å²) in [4.78, 5) is 13.8. The highest BCUT2D eigenvalue weighted by atomic mass is 16.2. The first-order valence-electron chi connectivity index (χ1n) is 7.47. The Morgan fingerprint density at radius 1 is 1.14 bits per heavy atom. The maximum atomic E-state index is 11.8. The van der Waals surface area contributed by atoms with E-state index in [1.165, 1.54) is 16.3 Å². The van der Waals surface area contributed by atoms with E-state index >= 15 is 0 Å². The van der Waals surface area contributed by atoms with E-state index < -0.39 is 0 Å². The monoisotopic (exact) mass is 284 g/mol. The van der Waals surface area contributed by atoms with Crippen LogP contribution in [0.15, 0.2) is 42.5 Å². The predicted octanol–water partition coefficient (Wildman–Crippen LogP) is 3.04. The fraction of sp³-hybridized carbons (Fsp3) is 0.389. The molecule has 3 nitrogen and oxygen atoms in total. The van der Waals surface area contributed by atoms with Gasteiger partial charge in [0.05, 0.1) is 6.54 Å². The van der Waals surface area contributed by atoms with Gasteiger partial charge in [0.2, 0.25) is 5.91 Å². The number of carbonyl (C=O) groups excluding carboxylic acids is 1. The highest BCUT2D eigenvalue weighted by Crippen LogP contribution is 2.16. The molecule has 0 aliphatic rings. The van der Waals surface area contributed by atoms with Crippen molar-refractivity contribution in [3.05, 3.63) is 48.0 Å². The van der Waals surface area contributed by atoms with Gasteiger partial charge in [-0.1, -0.05) is 50.2 Å². The maximum absolute atomic E-state index is 11.8. The van der Waals surface area contributed by atoms with Crippen LogP contribution in [0.1, 0.15) is 19.4 Å². The zero-order chi connectivity index (χ0) is 15.2. The van der Waals surface area contributed by atoms with Crippen molar-refractivity contribution in [1.82, 2.24) is 10.2 Å². The Balaban J connectivity index is 1.91. The number of benzene rings is 2. The zero-order valence-corrected chi connectivity index (χ0v) is 13.1. The predicted molar refractivity (Wildman–Crippen MR) is 88.1 cm³/mol. The summed E-state index contributed by atoms with van der Waals surface area (Å²) in [6.45, 7) is 6.14. The molecule has 0 aliphatic carbocycles. The molecule has 1 N–H and O–H groups in total. The smallest absolute Gasteiger partial charge is 0.234 e. The summed E-state index contributed by atoms with van der Waals surface area (Å²) in [6.07, 6.45) is 0. The first kappa shape index (κ1) is 15.5. The molecule has 2 aromatic rings. The molecule has 0 fully saturated rings. The second kappa shape index (κ2) is 7.23. The van der Waals surface area contributed by atoms with Crippen molar-refractivity contribution in [2.24, 2.45) is 5.92 Å². The largest absolute Gasteiger partial charge is 0.355 e. The molecule has 0 bridgehead atoms. The lowest BCUT2D eigenvalue weighted by molar-refractivity contribution is -0.122. The molecule has 2 rings (SSSR count). The van der Waals surface area contributed by atoms with Crippen LogP contribution in [0.4, 0.5) is 0 Å². The van der Waals surface area contributed by atoms with Gasteiger partial charge in [-0.05, 0) is 35.4 Å². The molecule has 1 amide bonds. The number of carbonyl (C=O) groups is 1. The average Bonchev–Trinajstić information content (AvgIpc) is 2.45. The Morgan fingerprint density at radius 2 is 1.86 bits per heavy atom. The van der Waals surface area contributed by atoms with Gasteiger partial charge in [-0.3, -0.25) is 9.69 Å². The Morgan fingerprint density at radius 3 is 2.57 bits per heavy atom. The number of nitrogens with one attached hydrogen (secondary N) is 1. The summed E-state index contributed by atoms with van der Waals surface area (Å²) in [6, 6.07) is 14.8. The van der Waals surface area contributed by atoms with Gasteiger partial charge in [0, 0.05) is 13.1 Å². The van der Waals surface area contributed by atoms with E-state index in [9.17, 15) is 4.79 Å². The molecule has 0 spiro atoms. The maximum Gasteiger partial charge on any atom is 0.234 e. The molecule has 0 aromatic heterocycles. The van der Waals surface area contributed by atoms with Crippen LogP contribution in [0.3, 0.4) is 0 Å². The van der Waals surface area contributed by atoms with Gasteiger partial charge in [-0.2, -0.15) is 0 Å². The average molecular weight is 284 g/mol. The summed E-state index contributed by atoms with van der Waals surface area (Å²) >= 11 is 0. The van der Waals surface area contributed by atoms with Crippen LogP contribution >= 0.6 is 0 Å². The van der Waals surface area contributed by atoms with Crippen molar-refractivity contribution < 1.29 is 4.79 Å². The van der Waals surface area contributed by atoms with E-state index in [0.29, 0.717) is 12.5 Å². The molecule has 0 heterocycles. The first-order chi connectivity index (χ1) is 10.0. The zero-order valence-electron chi connectivity index (χ0n) is 13.1. The van der Waals surface area contributed by atoms with Crippen LogP contribution < -0.4 is 5.32 Å². The van der Waals surface area contributed by atoms with Crippen molar-refractivity contribution >= 4 is 16.7 Å². The molecule has 0 aliphatic heterocycles. The number of amides is 1. The van der Waals surface area contributed by atoms with Crippen LogP contribution in [0.25, 0.3) is 10.8 Å². The second-order valence-electron chi connectivity index (χ2n) is 6.05. The summed E-state index contributed by atoms with van der Waals surface area (Å²) in [7, 11) is 1.98. The number of fused-ring (bicyclic) bond motifs is 1. The molecule has 0 saturated carbocycles. The summed E-state index contributed by atoms with van der Waals surface area (Å²) in [5.74, 6) is 0.576. The third kappa shape index (κ3) is 4.87. The van der Waals surface area contributed by atoms with Gasteiger partial charge in [0.25, 0.3) is 0 Å². The lowest BCUT2D eigenvalue weighted by Crippen LogP contribution is -2.36. The fourth-order valence-electron chi connectivity index (χ4n) is 2.32. The van der Waals surface area contributed by atoms with Gasteiger partial charge in [-0.25, -0.2) is 0 Å². The molecule has 2 aromatic carbocycles. The third-order valence-electron chi connectivity index (χ3n) is 3.39. The number of likely N-dealkylation sites (N-methyl/N-ethyl adjacent to an activating group) is 1. The van der Waals surface area contributed by atoms with Gasteiger partial charge < -0.3 is 5.32 Å². The third-order valence-corrected chi connectivity index (χ3v) is 3.39. The van der Waals surface area contributed by atoms with E-state index in [1.807, 2.05) is 18.0 Å². The van der Waals surface area contributed by atoms with E-state index in [2.05, 4.69) is 55.6 Å². The molecule has 0 saturated heterocycles. The standard InChI is InChI=1S/C18H24N2O/c1-14(2)11-19-18(21)13-20(3)12-15-8-9-16-6-4-5-7-17(16)10-15/h4-10,14H,11-13H2,1-3H3,(H,19,21). The number of nitrogens with zero attached hydrogens (tertiary/aromatic N) is 1. The quantitative estimate of drug-likeness (QED) is 0.884. The van der Waals surface area contributed by atoms with Crippen LogP contribution in [-0.4, -0.2) is 30.9 Å². The van der Waals surface area contributed by atoms with Crippen LogP contribution in [0.5, 0.6) is 0 Å². The molecule has 0 unspecified atom stereocenters. The molecule has 112 valence electrons. The van der Waals surface area contributed by atoms with Gasteiger partial charge in [-0.15, -0.1) is 0 Å². The Kier molecular flexibility index (Phi) is 5.34. The Hall–Kier alpha value is -1.87. The van der Waals surface area contributed by atoms with Crippen molar-refractivity contribution in [3.8, 4) is 0 Å². The van der Waals surface area contributed by atoms with Crippen molar-refractivity contribution in [3.63, 3.8) is 0 Å². The van der Waals surface area contributed by atoms with Crippen molar-refractivity contribution in [2.75, 3.05) is 20.1 Å². The lowest BCUT2D eigenvalue weighted by atomic mass is 10.1. The molecule has 3 heteroatoms. The van der Waals surface area contributed by atoms with E-state index in [0.717, 1.165) is 13.1 Å². The lowest BCUT2D eigenvalue weighted by Gasteiger charge is -2.17. The van der Waals surface area contributed by atoms with Gasteiger partial charge in [0.1, 0.15) is 0 Å². The van der Waals surface area contributed by atoms with Gasteiger partial charge >= 0.3 is 0 Å². The van der Waals surface area contributed by atoms with E-state index in [4.69, 9.17) is 0 Å². The summed E-state index contributed by atoms with van der Waals surface area (Å²) < 4.78 is 0. The van der Waals surface area contributed by atoms with Crippen molar-refractivity contribution in [2.45, 2.75) is 20.4 Å². The minimum absolute atomic E-state index is 0.0898. The Bertz CT molecular complexity index is 607. The molecule has 0 atom stereocenters. The van der Waals surface area contributed by atoms with Crippen LogP contribution in [-0.2, 0) is 11.3 Å². The fourth-order valence-corrected chi connectivity index (χ4v) is 2.32. The molecular weight excluding hydrogens is 260 g/mol. The molecule has 21 heavy (non-hydrogen) atoms. The van der Waals surface area contributed by atoms with E-state index in [-0.39, 0.29) is 5.91 Å². The molecule has 0 radical (unpaired) electrons. The minimum atomic E-state index is 0.0898. The molecular formula is C18H24N2O. The summed E-state index contributed by atoms with van der Waals surface area (Å²) in [5, 5.41) is 5.44. The minimum Gasteiger partial charge on any atom is -0.355 e. The second-order valence-corrected chi connectivity index (χ2v) is 6.05. The first-order valence-corrected chi connectivity index (χ1v) is 7.47. The SMILES string of the molecule is CC(C)CNC(=O)CN(C)Cc1ccc2ccccc2c1. The topological polar surface area (TPSA) is 32.3 Å².